The van der Waals surface area contributed by atoms with Crippen molar-refractivity contribution >= 4 is 29.0 Å². The molecule has 1 fully saturated rings. The maximum Gasteiger partial charge on any atom is 0.322 e. The van der Waals surface area contributed by atoms with E-state index in [4.69, 9.17) is 4.74 Å². The lowest BCUT2D eigenvalue weighted by atomic mass is 10.2. The Morgan fingerprint density at radius 3 is 2.51 bits per heavy atom. The highest BCUT2D eigenvalue weighted by atomic mass is 32.1. The lowest BCUT2D eigenvalue weighted by molar-refractivity contribution is -0.133. The van der Waals surface area contributed by atoms with E-state index in [2.05, 4.69) is 5.32 Å². The Hall–Kier alpha value is -3.23. The second-order valence-corrected chi connectivity index (χ2v) is 9.69. The zero-order valence-electron chi connectivity index (χ0n) is 19.8. The predicted molar refractivity (Wildman–Crippen MR) is 136 cm³/mol. The summed E-state index contributed by atoms with van der Waals surface area (Å²) in [4.78, 5) is 31.1. The highest BCUT2D eigenvalue weighted by Gasteiger charge is 2.27. The molecular weight excluding hydrogens is 465 g/mol. The van der Waals surface area contributed by atoms with E-state index >= 15 is 0 Å². The second-order valence-electron chi connectivity index (χ2n) is 8.69. The molecule has 1 aromatic heterocycles. The van der Waals surface area contributed by atoms with E-state index in [1.165, 1.54) is 17.0 Å². The van der Waals surface area contributed by atoms with Crippen LogP contribution in [0.15, 0.2) is 66.0 Å². The van der Waals surface area contributed by atoms with Crippen LogP contribution >= 0.6 is 11.3 Å². The monoisotopic (exact) mass is 495 g/mol. The molecule has 184 valence electrons. The number of carbonyl (C=O) groups is 2. The first-order chi connectivity index (χ1) is 17.0. The third kappa shape index (κ3) is 6.90. The lowest BCUT2D eigenvalue weighted by Crippen LogP contribution is -2.47. The Labute approximate surface area is 209 Å². The van der Waals surface area contributed by atoms with Gasteiger partial charge in [0.15, 0.2) is 0 Å². The van der Waals surface area contributed by atoms with E-state index in [0.717, 1.165) is 28.8 Å². The molecule has 1 aliphatic heterocycles. The van der Waals surface area contributed by atoms with Gasteiger partial charge in [-0.3, -0.25) is 4.79 Å². The average molecular weight is 496 g/mol. The van der Waals surface area contributed by atoms with Crippen LogP contribution in [0.2, 0.25) is 0 Å². The van der Waals surface area contributed by atoms with Crippen molar-refractivity contribution in [2.45, 2.75) is 39.0 Å². The van der Waals surface area contributed by atoms with E-state index in [9.17, 15) is 14.0 Å². The summed E-state index contributed by atoms with van der Waals surface area (Å²) in [6, 6.07) is 17.3. The fraction of sp³-hybridized carbons (Fsp3) is 0.333. The number of anilines is 1. The van der Waals surface area contributed by atoms with Crippen molar-refractivity contribution in [2.24, 2.45) is 0 Å². The number of rotatable bonds is 9. The molecule has 1 saturated heterocycles. The summed E-state index contributed by atoms with van der Waals surface area (Å²) in [6.45, 7) is 3.70. The molecule has 0 aliphatic carbocycles. The number of aryl methyl sites for hydroxylation is 1. The molecule has 2 aromatic carbocycles. The summed E-state index contributed by atoms with van der Waals surface area (Å²) in [5, 5.41) is 4.64. The van der Waals surface area contributed by atoms with Crippen LogP contribution in [0.3, 0.4) is 0 Å². The van der Waals surface area contributed by atoms with Gasteiger partial charge in [0, 0.05) is 24.6 Å². The Kier molecular flexibility index (Phi) is 8.50. The molecule has 3 amide bonds. The van der Waals surface area contributed by atoms with Gasteiger partial charge < -0.3 is 19.9 Å². The number of thiophene rings is 1. The highest BCUT2D eigenvalue weighted by molar-refractivity contribution is 7.10. The number of urea groups is 1. The Morgan fingerprint density at radius 2 is 1.83 bits per heavy atom. The topological polar surface area (TPSA) is 61.9 Å². The number of nitrogens with zero attached hydrogens (tertiary/aromatic N) is 2. The number of hydrogen-bond donors (Lipinski definition) is 1. The molecule has 0 bridgehead atoms. The van der Waals surface area contributed by atoms with E-state index in [0.29, 0.717) is 19.7 Å². The first-order valence-electron chi connectivity index (χ1n) is 11.8. The van der Waals surface area contributed by atoms with Crippen LogP contribution in [0, 0.1) is 12.7 Å². The van der Waals surface area contributed by atoms with Crippen molar-refractivity contribution in [1.82, 2.24) is 9.80 Å². The van der Waals surface area contributed by atoms with Gasteiger partial charge in [0.25, 0.3) is 0 Å². The van der Waals surface area contributed by atoms with Crippen LogP contribution in [0.25, 0.3) is 0 Å². The van der Waals surface area contributed by atoms with Crippen LogP contribution in [0.5, 0.6) is 0 Å². The van der Waals surface area contributed by atoms with Gasteiger partial charge in [-0.1, -0.05) is 42.5 Å². The largest absolute Gasteiger partial charge is 0.376 e. The lowest BCUT2D eigenvalue weighted by Gasteiger charge is -2.29. The van der Waals surface area contributed by atoms with Crippen molar-refractivity contribution in [2.75, 3.05) is 25.0 Å². The first-order valence-corrected chi connectivity index (χ1v) is 12.6. The van der Waals surface area contributed by atoms with Gasteiger partial charge in [0.2, 0.25) is 5.91 Å². The van der Waals surface area contributed by atoms with Gasteiger partial charge in [-0.2, -0.15) is 0 Å². The van der Waals surface area contributed by atoms with Gasteiger partial charge in [0.05, 0.1) is 18.3 Å². The minimum Gasteiger partial charge on any atom is -0.376 e. The minimum atomic E-state index is -0.525. The van der Waals surface area contributed by atoms with Crippen LogP contribution in [0.1, 0.15) is 28.8 Å². The van der Waals surface area contributed by atoms with Gasteiger partial charge in [-0.05, 0) is 54.5 Å². The SMILES string of the molecule is Cc1ccsc1CN(Cc1ccccc1)C(=O)CN(CC1CCCO1)C(=O)Nc1ccccc1F. The zero-order chi connectivity index (χ0) is 24.6. The van der Waals surface area contributed by atoms with Crippen LogP contribution in [-0.4, -0.2) is 47.5 Å². The summed E-state index contributed by atoms with van der Waals surface area (Å²) in [6.07, 6.45) is 1.59. The Morgan fingerprint density at radius 1 is 1.06 bits per heavy atom. The van der Waals surface area contributed by atoms with E-state index in [1.54, 1.807) is 28.4 Å². The third-order valence-corrected chi connectivity index (χ3v) is 7.06. The quantitative estimate of drug-likeness (QED) is 0.430. The third-order valence-electron chi connectivity index (χ3n) is 6.05. The second kappa shape index (κ2) is 12.0. The average Bonchev–Trinajstić information content (AvgIpc) is 3.52. The molecule has 35 heavy (non-hydrogen) atoms. The molecule has 1 unspecified atom stereocenters. The molecule has 6 nitrogen and oxygen atoms in total. The maximum absolute atomic E-state index is 14.2. The zero-order valence-corrected chi connectivity index (χ0v) is 20.6. The molecule has 1 aliphatic rings. The number of para-hydroxylation sites is 1. The standard InChI is InChI=1S/C27H30FN3O3S/c1-20-13-15-35-25(20)18-30(16-21-8-3-2-4-9-21)26(32)19-31(17-22-10-7-14-34-22)27(33)29-24-12-6-5-11-23(24)28/h2-6,8-9,11-13,15,22H,7,10,14,16-19H2,1H3,(H,29,33). The Balaban J connectivity index is 1.52. The van der Waals surface area contributed by atoms with Crippen molar-refractivity contribution < 1.29 is 18.7 Å². The first kappa shape index (κ1) is 24.9. The molecule has 1 atom stereocenters. The summed E-state index contributed by atoms with van der Waals surface area (Å²) in [7, 11) is 0. The molecule has 0 radical (unpaired) electrons. The van der Waals surface area contributed by atoms with Crippen LogP contribution < -0.4 is 5.32 Å². The molecule has 0 spiro atoms. The van der Waals surface area contributed by atoms with Crippen molar-refractivity contribution in [3.8, 4) is 0 Å². The molecule has 4 rings (SSSR count). The molecule has 0 saturated carbocycles. The number of ether oxygens (including phenoxy) is 1. The number of benzene rings is 2. The number of carbonyl (C=O) groups excluding carboxylic acids is 2. The van der Waals surface area contributed by atoms with Crippen molar-refractivity contribution in [1.29, 1.82) is 0 Å². The smallest absolute Gasteiger partial charge is 0.322 e. The number of hydrogen-bond acceptors (Lipinski definition) is 4. The van der Waals surface area contributed by atoms with Crippen molar-refractivity contribution in [3.05, 3.63) is 87.9 Å². The fourth-order valence-corrected chi connectivity index (χ4v) is 4.97. The molecule has 1 N–H and O–H groups in total. The number of halogens is 1. The molecule has 3 aromatic rings. The summed E-state index contributed by atoms with van der Waals surface area (Å²) >= 11 is 1.61. The summed E-state index contributed by atoms with van der Waals surface area (Å²) in [5.74, 6) is -0.702. The van der Waals surface area contributed by atoms with E-state index in [-0.39, 0.29) is 30.8 Å². The number of amides is 3. The molecule has 2 heterocycles. The van der Waals surface area contributed by atoms with Gasteiger partial charge in [-0.25, -0.2) is 9.18 Å². The maximum atomic E-state index is 14.2. The van der Waals surface area contributed by atoms with E-state index in [1.807, 2.05) is 48.7 Å². The molecular formula is C27H30FN3O3S. The minimum absolute atomic E-state index is 0.0811. The number of nitrogens with one attached hydrogen (secondary N) is 1. The van der Waals surface area contributed by atoms with Crippen molar-refractivity contribution in [3.63, 3.8) is 0 Å². The fourth-order valence-electron chi connectivity index (χ4n) is 4.05. The van der Waals surface area contributed by atoms with Gasteiger partial charge >= 0.3 is 6.03 Å². The van der Waals surface area contributed by atoms with Gasteiger partial charge in [0.1, 0.15) is 12.4 Å². The summed E-state index contributed by atoms with van der Waals surface area (Å²) < 4.78 is 19.9. The van der Waals surface area contributed by atoms with Gasteiger partial charge in [-0.15, -0.1) is 11.3 Å². The normalized spacial score (nSPS) is 15.1. The Bertz CT molecular complexity index is 1130. The van der Waals surface area contributed by atoms with Crippen LogP contribution in [0.4, 0.5) is 14.9 Å². The van der Waals surface area contributed by atoms with Crippen LogP contribution in [-0.2, 0) is 22.6 Å². The van der Waals surface area contributed by atoms with E-state index < -0.39 is 11.8 Å². The molecule has 8 heteroatoms. The highest BCUT2D eigenvalue weighted by Crippen LogP contribution is 2.21. The predicted octanol–water partition coefficient (Wildman–Crippen LogP) is 5.44. The summed E-state index contributed by atoms with van der Waals surface area (Å²) in [5.41, 5.74) is 2.23.